The van der Waals surface area contributed by atoms with Crippen molar-refractivity contribution in [1.29, 1.82) is 0 Å². The Morgan fingerprint density at radius 2 is 2.10 bits per heavy atom. The smallest absolute Gasteiger partial charge is 0.0577 e. The number of nitrogens with two attached hydrogens (primary N) is 1. The third-order valence-corrected chi connectivity index (χ3v) is 2.17. The van der Waals surface area contributed by atoms with Gasteiger partial charge < -0.3 is 10.5 Å². The molecule has 0 aromatic heterocycles. The molecule has 0 bridgehead atoms. The zero-order valence-electron chi connectivity index (χ0n) is 6.04. The zero-order valence-corrected chi connectivity index (χ0v) is 7.67. The Hall–Kier alpha value is 0.360. The molecular formula is C5H14ClNO2S. The molecule has 0 amide bonds. The van der Waals surface area contributed by atoms with E-state index in [9.17, 15) is 4.21 Å². The molecule has 64 valence electrons. The normalized spacial score (nSPS) is 12.2. The van der Waals surface area contributed by atoms with Crippen molar-refractivity contribution in [1.82, 2.24) is 0 Å². The van der Waals surface area contributed by atoms with Crippen molar-refractivity contribution in [2.75, 3.05) is 31.8 Å². The average molecular weight is 188 g/mol. The second-order valence-corrected chi connectivity index (χ2v) is 3.33. The monoisotopic (exact) mass is 187 g/mol. The molecule has 0 aliphatic heterocycles. The fraction of sp³-hybridized carbons (Fsp3) is 1.00. The maximum atomic E-state index is 10.8. The van der Waals surface area contributed by atoms with E-state index in [2.05, 4.69) is 0 Å². The summed E-state index contributed by atoms with van der Waals surface area (Å²) in [5.41, 5.74) is 5.17. The van der Waals surface area contributed by atoms with Crippen molar-refractivity contribution < 1.29 is 8.95 Å². The van der Waals surface area contributed by atoms with E-state index in [1.807, 2.05) is 0 Å². The van der Waals surface area contributed by atoms with Crippen molar-refractivity contribution in [3.05, 3.63) is 0 Å². The Morgan fingerprint density at radius 3 is 2.50 bits per heavy atom. The summed E-state index contributed by atoms with van der Waals surface area (Å²) in [5, 5.41) is 0. The van der Waals surface area contributed by atoms with Gasteiger partial charge in [-0.15, -0.1) is 12.4 Å². The van der Waals surface area contributed by atoms with Crippen LogP contribution < -0.4 is 5.73 Å². The maximum Gasteiger partial charge on any atom is 0.0577 e. The van der Waals surface area contributed by atoms with Crippen LogP contribution in [0, 0.1) is 0 Å². The van der Waals surface area contributed by atoms with Gasteiger partial charge in [-0.05, 0) is 0 Å². The van der Waals surface area contributed by atoms with Crippen LogP contribution in [0.15, 0.2) is 0 Å². The van der Waals surface area contributed by atoms with Gasteiger partial charge in [0.05, 0.1) is 6.61 Å². The van der Waals surface area contributed by atoms with Gasteiger partial charge in [0.2, 0.25) is 0 Å². The standard InChI is InChI=1S/C5H13NO2S.ClH/c1-8-3-5-9(7)4-2-6;/h2-6H2,1H3;1H. The molecule has 3 nitrogen and oxygen atoms in total. The molecule has 0 radical (unpaired) electrons. The summed E-state index contributed by atoms with van der Waals surface area (Å²) in [4.78, 5) is 0. The SMILES string of the molecule is COCCS(=O)CCN.Cl. The van der Waals surface area contributed by atoms with Gasteiger partial charge in [-0.25, -0.2) is 0 Å². The molecule has 0 fully saturated rings. The van der Waals surface area contributed by atoms with Crippen LogP contribution in [0.25, 0.3) is 0 Å². The lowest BCUT2D eigenvalue weighted by molar-refractivity contribution is 0.218. The van der Waals surface area contributed by atoms with Gasteiger partial charge in [-0.2, -0.15) is 0 Å². The van der Waals surface area contributed by atoms with E-state index >= 15 is 0 Å². The quantitative estimate of drug-likeness (QED) is 0.647. The van der Waals surface area contributed by atoms with Gasteiger partial charge in [0.25, 0.3) is 0 Å². The Balaban J connectivity index is 0. The second-order valence-electron chi connectivity index (χ2n) is 1.63. The molecule has 0 saturated heterocycles. The summed E-state index contributed by atoms with van der Waals surface area (Å²) in [6.45, 7) is 1.06. The van der Waals surface area contributed by atoms with Crippen LogP contribution in [0.3, 0.4) is 0 Å². The minimum absolute atomic E-state index is 0. The lowest BCUT2D eigenvalue weighted by atomic mass is 10.8. The summed E-state index contributed by atoms with van der Waals surface area (Å²) in [7, 11) is 0.827. The lowest BCUT2D eigenvalue weighted by Gasteiger charge is -1.96. The number of methoxy groups -OCH3 is 1. The predicted molar refractivity (Wildman–Crippen MR) is 46.1 cm³/mol. The van der Waals surface area contributed by atoms with Crippen LogP contribution in [-0.2, 0) is 15.5 Å². The van der Waals surface area contributed by atoms with E-state index in [0.29, 0.717) is 24.7 Å². The highest BCUT2D eigenvalue weighted by atomic mass is 35.5. The van der Waals surface area contributed by atoms with Crippen LogP contribution >= 0.6 is 12.4 Å². The lowest BCUT2D eigenvalue weighted by Crippen LogP contribution is -2.14. The summed E-state index contributed by atoms with van der Waals surface area (Å²) >= 11 is 0. The first kappa shape index (κ1) is 13.0. The van der Waals surface area contributed by atoms with Crippen molar-refractivity contribution in [3.63, 3.8) is 0 Å². The third-order valence-electron chi connectivity index (χ3n) is 0.861. The van der Waals surface area contributed by atoms with E-state index in [1.165, 1.54) is 0 Å². The van der Waals surface area contributed by atoms with Crippen LogP contribution in [0.4, 0.5) is 0 Å². The molecule has 0 heterocycles. The Kier molecular flexibility index (Phi) is 12.2. The van der Waals surface area contributed by atoms with Crippen LogP contribution in [0.5, 0.6) is 0 Å². The molecular weight excluding hydrogens is 174 g/mol. The van der Waals surface area contributed by atoms with Gasteiger partial charge in [0, 0.05) is 36.0 Å². The van der Waals surface area contributed by atoms with Crippen LogP contribution in [-0.4, -0.2) is 36.0 Å². The van der Waals surface area contributed by atoms with Crippen molar-refractivity contribution in [2.45, 2.75) is 0 Å². The van der Waals surface area contributed by atoms with Gasteiger partial charge in [-0.1, -0.05) is 0 Å². The number of rotatable bonds is 5. The molecule has 5 heteroatoms. The van der Waals surface area contributed by atoms with E-state index < -0.39 is 10.8 Å². The van der Waals surface area contributed by atoms with Crippen LogP contribution in [0.2, 0.25) is 0 Å². The van der Waals surface area contributed by atoms with Gasteiger partial charge in [0.1, 0.15) is 0 Å². The first-order chi connectivity index (χ1) is 4.31. The number of hydrogen-bond acceptors (Lipinski definition) is 3. The minimum Gasteiger partial charge on any atom is -0.384 e. The summed E-state index contributed by atoms with van der Waals surface area (Å²) < 4.78 is 15.5. The molecule has 10 heavy (non-hydrogen) atoms. The highest BCUT2D eigenvalue weighted by molar-refractivity contribution is 7.85. The number of ether oxygens (including phenoxy) is 1. The molecule has 0 saturated carbocycles. The highest BCUT2D eigenvalue weighted by Crippen LogP contribution is 1.79. The molecule has 1 atom stereocenters. The maximum absolute atomic E-state index is 10.8. The van der Waals surface area contributed by atoms with E-state index in [1.54, 1.807) is 7.11 Å². The van der Waals surface area contributed by atoms with E-state index in [4.69, 9.17) is 10.5 Å². The van der Waals surface area contributed by atoms with Crippen molar-refractivity contribution in [3.8, 4) is 0 Å². The van der Waals surface area contributed by atoms with E-state index in [0.717, 1.165) is 0 Å². The molecule has 0 aromatic rings. The van der Waals surface area contributed by atoms with Crippen molar-refractivity contribution in [2.24, 2.45) is 5.73 Å². The largest absolute Gasteiger partial charge is 0.384 e. The third kappa shape index (κ3) is 8.36. The molecule has 0 aromatic carbocycles. The minimum atomic E-state index is -0.770. The summed E-state index contributed by atoms with van der Waals surface area (Å²) in [6.07, 6.45) is 0. The molecule has 2 N–H and O–H groups in total. The Morgan fingerprint density at radius 1 is 1.50 bits per heavy atom. The number of hydrogen-bond donors (Lipinski definition) is 1. The Labute approximate surface area is 70.2 Å². The van der Waals surface area contributed by atoms with Gasteiger partial charge >= 0.3 is 0 Å². The predicted octanol–water partition coefficient (Wildman–Crippen LogP) is -0.238. The molecule has 0 aliphatic carbocycles. The van der Waals surface area contributed by atoms with Gasteiger partial charge in [0.15, 0.2) is 0 Å². The van der Waals surface area contributed by atoms with Gasteiger partial charge in [-0.3, -0.25) is 4.21 Å². The second kappa shape index (κ2) is 9.36. The van der Waals surface area contributed by atoms with Crippen LogP contribution in [0.1, 0.15) is 0 Å². The summed E-state index contributed by atoms with van der Waals surface area (Å²) in [6, 6.07) is 0. The Bertz CT molecular complexity index is 91.7. The van der Waals surface area contributed by atoms with Crippen molar-refractivity contribution >= 4 is 23.2 Å². The highest BCUT2D eigenvalue weighted by Gasteiger charge is 1.94. The number of halogens is 1. The molecule has 1 unspecified atom stereocenters. The molecule has 0 rings (SSSR count). The fourth-order valence-corrected chi connectivity index (χ4v) is 1.23. The molecule has 0 aliphatic rings. The first-order valence-electron chi connectivity index (χ1n) is 2.85. The summed E-state index contributed by atoms with van der Waals surface area (Å²) in [5.74, 6) is 1.19. The molecule has 0 spiro atoms. The zero-order chi connectivity index (χ0) is 7.11. The first-order valence-corrected chi connectivity index (χ1v) is 4.34. The van der Waals surface area contributed by atoms with E-state index in [-0.39, 0.29) is 12.4 Å². The fourth-order valence-electron chi connectivity index (χ4n) is 0.410. The average Bonchev–Trinajstić information content (AvgIpc) is 1.85. The topological polar surface area (TPSA) is 52.3 Å².